The van der Waals surface area contributed by atoms with Gasteiger partial charge in [-0.05, 0) is 31.2 Å². The molecule has 0 amide bonds. The molecular weight excluding hydrogens is 264 g/mol. The van der Waals surface area contributed by atoms with Gasteiger partial charge < -0.3 is 4.74 Å². The SMILES string of the molecule is COc1ccc(Cl)cc1CC(=O)c1cc(C)nn1C. The number of halogens is 1. The fourth-order valence-electron chi connectivity index (χ4n) is 2.02. The molecule has 0 fully saturated rings. The molecule has 0 bridgehead atoms. The van der Waals surface area contributed by atoms with E-state index in [1.807, 2.05) is 6.92 Å². The van der Waals surface area contributed by atoms with E-state index in [2.05, 4.69) is 5.10 Å². The Morgan fingerprint density at radius 1 is 1.42 bits per heavy atom. The van der Waals surface area contributed by atoms with Crippen molar-refractivity contribution in [1.82, 2.24) is 9.78 Å². The first-order valence-corrected chi connectivity index (χ1v) is 6.25. The van der Waals surface area contributed by atoms with Crippen molar-refractivity contribution in [1.29, 1.82) is 0 Å². The highest BCUT2D eigenvalue weighted by Gasteiger charge is 2.15. The van der Waals surface area contributed by atoms with Gasteiger partial charge in [-0.15, -0.1) is 0 Å². The average molecular weight is 279 g/mol. The first kappa shape index (κ1) is 13.6. The summed E-state index contributed by atoms with van der Waals surface area (Å²) in [5.74, 6) is 0.653. The predicted molar refractivity (Wildman–Crippen MR) is 74.0 cm³/mol. The van der Waals surface area contributed by atoms with Gasteiger partial charge in [0.1, 0.15) is 11.4 Å². The van der Waals surface area contributed by atoms with E-state index in [9.17, 15) is 4.79 Å². The summed E-state index contributed by atoms with van der Waals surface area (Å²) in [5.41, 5.74) is 2.18. The monoisotopic (exact) mass is 278 g/mol. The molecule has 2 rings (SSSR count). The number of aryl methyl sites for hydroxylation is 2. The molecule has 0 aliphatic heterocycles. The van der Waals surface area contributed by atoms with Gasteiger partial charge in [0.25, 0.3) is 0 Å². The highest BCUT2D eigenvalue weighted by atomic mass is 35.5. The fourth-order valence-corrected chi connectivity index (χ4v) is 2.22. The number of nitrogens with zero attached hydrogens (tertiary/aromatic N) is 2. The molecule has 1 aromatic carbocycles. The fraction of sp³-hybridized carbons (Fsp3) is 0.286. The van der Waals surface area contributed by atoms with Crippen molar-refractivity contribution < 1.29 is 9.53 Å². The van der Waals surface area contributed by atoms with Gasteiger partial charge in [0.15, 0.2) is 5.78 Å². The molecular formula is C14H15ClN2O2. The van der Waals surface area contributed by atoms with E-state index in [1.54, 1.807) is 43.1 Å². The third kappa shape index (κ3) is 2.96. The Labute approximate surface area is 116 Å². The lowest BCUT2D eigenvalue weighted by molar-refractivity contribution is 0.0983. The number of carbonyl (C=O) groups is 1. The Hall–Kier alpha value is -1.81. The molecule has 5 heteroatoms. The highest BCUT2D eigenvalue weighted by molar-refractivity contribution is 6.30. The van der Waals surface area contributed by atoms with E-state index in [1.165, 1.54) is 0 Å². The molecule has 0 N–H and O–H groups in total. The lowest BCUT2D eigenvalue weighted by Crippen LogP contribution is -2.10. The molecule has 4 nitrogen and oxygen atoms in total. The minimum absolute atomic E-state index is 0.0105. The molecule has 0 spiro atoms. The zero-order valence-electron chi connectivity index (χ0n) is 11.1. The molecule has 100 valence electrons. The predicted octanol–water partition coefficient (Wildman–Crippen LogP) is 2.82. The molecule has 2 aromatic rings. The summed E-state index contributed by atoms with van der Waals surface area (Å²) in [6.45, 7) is 1.86. The summed E-state index contributed by atoms with van der Waals surface area (Å²) in [6.07, 6.45) is 0.239. The number of Topliss-reactive ketones (excluding diaryl/α,β-unsaturated/α-hetero) is 1. The molecule has 0 saturated heterocycles. The molecule has 0 unspecified atom stereocenters. The largest absolute Gasteiger partial charge is 0.496 e. The van der Waals surface area contributed by atoms with Crippen LogP contribution in [-0.4, -0.2) is 22.7 Å². The lowest BCUT2D eigenvalue weighted by atomic mass is 10.1. The van der Waals surface area contributed by atoms with E-state index in [0.717, 1.165) is 11.3 Å². The second kappa shape index (κ2) is 5.45. The lowest BCUT2D eigenvalue weighted by Gasteiger charge is -2.08. The summed E-state index contributed by atoms with van der Waals surface area (Å²) in [4.78, 5) is 12.3. The number of rotatable bonds is 4. The maximum Gasteiger partial charge on any atom is 0.185 e. The van der Waals surface area contributed by atoms with Gasteiger partial charge in [0.05, 0.1) is 12.8 Å². The zero-order valence-corrected chi connectivity index (χ0v) is 11.9. The van der Waals surface area contributed by atoms with Crippen molar-refractivity contribution in [2.24, 2.45) is 7.05 Å². The van der Waals surface area contributed by atoms with E-state index < -0.39 is 0 Å². The maximum absolute atomic E-state index is 12.3. The third-order valence-electron chi connectivity index (χ3n) is 2.88. The molecule has 0 aliphatic rings. The van der Waals surface area contributed by atoms with Gasteiger partial charge >= 0.3 is 0 Å². The number of carbonyl (C=O) groups excluding carboxylic acids is 1. The van der Waals surface area contributed by atoms with Gasteiger partial charge in [0.2, 0.25) is 0 Å². The van der Waals surface area contributed by atoms with E-state index in [-0.39, 0.29) is 12.2 Å². The molecule has 1 aromatic heterocycles. The van der Waals surface area contributed by atoms with E-state index >= 15 is 0 Å². The highest BCUT2D eigenvalue weighted by Crippen LogP contribution is 2.24. The van der Waals surface area contributed by atoms with E-state index in [0.29, 0.717) is 16.5 Å². The number of hydrogen-bond donors (Lipinski definition) is 0. The Kier molecular flexibility index (Phi) is 3.90. The first-order chi connectivity index (χ1) is 9.01. The summed E-state index contributed by atoms with van der Waals surface area (Å²) >= 11 is 5.95. The molecule has 0 aliphatic carbocycles. The number of methoxy groups -OCH3 is 1. The molecule has 0 atom stereocenters. The number of aromatic nitrogens is 2. The summed E-state index contributed by atoms with van der Waals surface area (Å²) in [5, 5.41) is 4.76. The van der Waals surface area contributed by atoms with Gasteiger partial charge in [-0.25, -0.2) is 0 Å². The van der Waals surface area contributed by atoms with Crippen LogP contribution in [0.1, 0.15) is 21.7 Å². The normalized spacial score (nSPS) is 10.5. The van der Waals surface area contributed by atoms with Crippen LogP contribution >= 0.6 is 11.6 Å². The summed E-state index contributed by atoms with van der Waals surface area (Å²) < 4.78 is 6.83. The number of ether oxygens (including phenoxy) is 1. The number of benzene rings is 1. The van der Waals surface area contributed by atoms with Gasteiger partial charge in [-0.3, -0.25) is 9.48 Å². The minimum atomic E-state index is -0.0105. The Balaban J connectivity index is 2.28. The van der Waals surface area contributed by atoms with Crippen molar-refractivity contribution in [3.63, 3.8) is 0 Å². The zero-order chi connectivity index (χ0) is 14.0. The third-order valence-corrected chi connectivity index (χ3v) is 3.12. The van der Waals surface area contributed by atoms with Gasteiger partial charge in [0, 0.05) is 24.1 Å². The number of hydrogen-bond acceptors (Lipinski definition) is 3. The quantitative estimate of drug-likeness (QED) is 0.808. The van der Waals surface area contributed by atoms with Crippen LogP contribution in [0.4, 0.5) is 0 Å². The average Bonchev–Trinajstić information content (AvgIpc) is 2.69. The summed E-state index contributed by atoms with van der Waals surface area (Å²) in [7, 11) is 3.33. The van der Waals surface area contributed by atoms with Crippen LogP contribution in [0, 0.1) is 6.92 Å². The van der Waals surface area contributed by atoms with Crippen molar-refractivity contribution in [2.75, 3.05) is 7.11 Å². The van der Waals surface area contributed by atoms with Crippen molar-refractivity contribution >= 4 is 17.4 Å². The Morgan fingerprint density at radius 2 is 2.16 bits per heavy atom. The Bertz CT molecular complexity index is 620. The smallest absolute Gasteiger partial charge is 0.185 e. The van der Waals surface area contributed by atoms with Crippen LogP contribution in [-0.2, 0) is 13.5 Å². The van der Waals surface area contributed by atoms with Crippen molar-refractivity contribution in [2.45, 2.75) is 13.3 Å². The van der Waals surface area contributed by atoms with Crippen LogP contribution in [0.3, 0.4) is 0 Å². The molecule has 1 heterocycles. The molecule has 19 heavy (non-hydrogen) atoms. The first-order valence-electron chi connectivity index (χ1n) is 5.87. The van der Waals surface area contributed by atoms with Crippen LogP contribution in [0.25, 0.3) is 0 Å². The second-order valence-corrected chi connectivity index (χ2v) is 4.79. The van der Waals surface area contributed by atoms with Crippen LogP contribution in [0.2, 0.25) is 5.02 Å². The van der Waals surface area contributed by atoms with Crippen LogP contribution in [0.15, 0.2) is 24.3 Å². The molecule has 0 radical (unpaired) electrons. The second-order valence-electron chi connectivity index (χ2n) is 4.35. The van der Waals surface area contributed by atoms with Gasteiger partial charge in [-0.1, -0.05) is 11.6 Å². The van der Waals surface area contributed by atoms with Crippen LogP contribution < -0.4 is 4.74 Å². The summed E-state index contributed by atoms with van der Waals surface area (Å²) in [6, 6.07) is 7.03. The minimum Gasteiger partial charge on any atom is -0.496 e. The molecule has 0 saturated carbocycles. The Morgan fingerprint density at radius 3 is 2.74 bits per heavy atom. The maximum atomic E-state index is 12.3. The van der Waals surface area contributed by atoms with Crippen molar-refractivity contribution in [3.05, 3.63) is 46.2 Å². The van der Waals surface area contributed by atoms with Crippen molar-refractivity contribution in [3.8, 4) is 5.75 Å². The van der Waals surface area contributed by atoms with Gasteiger partial charge in [-0.2, -0.15) is 5.10 Å². The number of ketones is 1. The van der Waals surface area contributed by atoms with Crippen LogP contribution in [0.5, 0.6) is 5.75 Å². The van der Waals surface area contributed by atoms with E-state index in [4.69, 9.17) is 16.3 Å². The standard InChI is InChI=1S/C14H15ClN2O2/c1-9-6-12(17(2)16-9)13(18)8-10-7-11(15)4-5-14(10)19-3/h4-7H,8H2,1-3H3. The topological polar surface area (TPSA) is 44.1 Å².